The van der Waals surface area contributed by atoms with Gasteiger partial charge >= 0.3 is 5.97 Å². The molecule has 0 fully saturated rings. The average molecular weight is 210 g/mol. The largest absolute Gasteiger partial charge is 0.468 e. The molecule has 0 aliphatic rings. The van der Waals surface area contributed by atoms with Crippen LogP contribution in [0.15, 0.2) is 0 Å². The maximum atomic E-state index is 10.8. The molecule has 0 unspecified atom stereocenters. The zero-order valence-electron chi connectivity index (χ0n) is 6.86. The summed E-state index contributed by atoms with van der Waals surface area (Å²) in [5.74, 6) is -0.375. The zero-order valence-corrected chi connectivity index (χ0v) is 8.50. The Bertz CT molecular complexity index is 160. The Kier molecular flexibility index (Phi) is 7.33. The van der Waals surface area contributed by atoms with E-state index in [1.807, 2.05) is 0 Å². The second kappa shape index (κ2) is 7.45. The SMILES string of the molecule is CCOSC(=O)SCC(=O)OC. The van der Waals surface area contributed by atoms with Gasteiger partial charge in [-0.15, -0.1) is 0 Å². The molecular formula is C6H10O4S2. The van der Waals surface area contributed by atoms with Gasteiger partial charge in [0.2, 0.25) is 0 Å². The van der Waals surface area contributed by atoms with Gasteiger partial charge in [-0.25, -0.2) is 0 Å². The molecule has 0 rings (SSSR count). The van der Waals surface area contributed by atoms with Gasteiger partial charge in [0, 0.05) is 0 Å². The minimum Gasteiger partial charge on any atom is -0.468 e. The molecule has 0 bridgehead atoms. The molecule has 0 N–H and O–H groups in total. The molecule has 6 heteroatoms. The highest BCUT2D eigenvalue weighted by atomic mass is 32.2. The summed E-state index contributed by atoms with van der Waals surface area (Å²) < 4.78 is 8.86. The van der Waals surface area contributed by atoms with Gasteiger partial charge in [0.15, 0.2) is 0 Å². The first-order chi connectivity index (χ1) is 5.70. The van der Waals surface area contributed by atoms with Crippen molar-refractivity contribution in [2.45, 2.75) is 6.92 Å². The van der Waals surface area contributed by atoms with Gasteiger partial charge in [0.1, 0.15) is 0 Å². The second-order valence-electron chi connectivity index (χ2n) is 1.60. The number of rotatable bonds is 4. The van der Waals surface area contributed by atoms with E-state index in [1.54, 1.807) is 6.92 Å². The maximum Gasteiger partial charge on any atom is 0.316 e. The monoisotopic (exact) mass is 210 g/mol. The highest BCUT2D eigenvalue weighted by Crippen LogP contribution is 2.17. The Balaban J connectivity index is 3.37. The van der Waals surface area contributed by atoms with Gasteiger partial charge in [-0.3, -0.25) is 9.59 Å². The Labute approximate surface area is 79.6 Å². The van der Waals surface area contributed by atoms with E-state index >= 15 is 0 Å². The first kappa shape index (κ1) is 11.8. The molecule has 0 radical (unpaired) electrons. The lowest BCUT2D eigenvalue weighted by Crippen LogP contribution is -2.04. The lowest BCUT2D eigenvalue weighted by atomic mass is 10.8. The molecule has 0 aromatic carbocycles. The Hall–Kier alpha value is -0.200. The molecule has 0 aliphatic carbocycles. The molecular weight excluding hydrogens is 200 g/mol. The molecule has 70 valence electrons. The van der Waals surface area contributed by atoms with E-state index in [0.29, 0.717) is 6.61 Å². The quantitative estimate of drug-likeness (QED) is 0.520. The zero-order chi connectivity index (χ0) is 9.40. The maximum absolute atomic E-state index is 10.8. The number of thioether (sulfide) groups is 1. The van der Waals surface area contributed by atoms with Crippen molar-refractivity contribution in [3.8, 4) is 0 Å². The molecule has 4 nitrogen and oxygen atoms in total. The number of carbonyl (C=O) groups excluding carboxylic acids is 2. The van der Waals surface area contributed by atoms with E-state index in [2.05, 4.69) is 4.74 Å². The summed E-state index contributed by atoms with van der Waals surface area (Å²) in [6, 6.07) is 0. The van der Waals surface area contributed by atoms with Crippen molar-refractivity contribution in [3.63, 3.8) is 0 Å². The summed E-state index contributed by atoms with van der Waals surface area (Å²) in [7, 11) is 1.28. The van der Waals surface area contributed by atoms with Crippen LogP contribution in [0.2, 0.25) is 0 Å². The lowest BCUT2D eigenvalue weighted by molar-refractivity contribution is -0.137. The van der Waals surface area contributed by atoms with Gasteiger partial charge < -0.3 is 8.92 Å². The van der Waals surface area contributed by atoms with Gasteiger partial charge in [-0.2, -0.15) is 0 Å². The number of hydrogen-bond donors (Lipinski definition) is 0. The smallest absolute Gasteiger partial charge is 0.316 e. The molecule has 0 aliphatic heterocycles. The summed E-state index contributed by atoms with van der Waals surface area (Å²) in [5.41, 5.74) is 0. The fourth-order valence-corrected chi connectivity index (χ4v) is 1.39. The molecule has 0 spiro atoms. The van der Waals surface area contributed by atoms with E-state index in [4.69, 9.17) is 4.18 Å². The summed E-state index contributed by atoms with van der Waals surface area (Å²) in [5, 5.41) is 0. The minimum atomic E-state index is -0.412. The molecule has 0 atom stereocenters. The fraction of sp³-hybridized carbons (Fsp3) is 0.667. The molecule has 0 aromatic rings. The summed E-state index contributed by atoms with van der Waals surface area (Å²) >= 11 is 1.62. The number of esters is 1. The minimum absolute atomic E-state index is 0.0371. The topological polar surface area (TPSA) is 52.6 Å². The molecule has 12 heavy (non-hydrogen) atoms. The Morgan fingerprint density at radius 3 is 2.58 bits per heavy atom. The van der Waals surface area contributed by atoms with Crippen LogP contribution < -0.4 is 0 Å². The van der Waals surface area contributed by atoms with Crippen LogP contribution in [-0.4, -0.2) is 29.9 Å². The van der Waals surface area contributed by atoms with E-state index in [1.165, 1.54) is 7.11 Å². The predicted molar refractivity (Wildman–Crippen MR) is 49.1 cm³/mol. The van der Waals surface area contributed by atoms with E-state index in [0.717, 1.165) is 23.8 Å². The van der Waals surface area contributed by atoms with Gasteiger partial charge in [0.05, 0.1) is 31.5 Å². The molecule has 0 amide bonds. The molecule has 0 heterocycles. The van der Waals surface area contributed by atoms with E-state index in [9.17, 15) is 9.59 Å². The predicted octanol–water partition coefficient (Wildman–Crippen LogP) is 1.70. The van der Waals surface area contributed by atoms with E-state index < -0.39 is 5.97 Å². The van der Waals surface area contributed by atoms with Crippen molar-refractivity contribution < 1.29 is 18.5 Å². The average Bonchev–Trinajstić information content (AvgIpc) is 2.10. The van der Waals surface area contributed by atoms with Crippen LogP contribution in [0.4, 0.5) is 4.79 Å². The van der Waals surface area contributed by atoms with Crippen molar-refractivity contribution in [1.82, 2.24) is 0 Å². The van der Waals surface area contributed by atoms with Gasteiger partial charge in [-0.1, -0.05) is 11.8 Å². The number of hydrogen-bond acceptors (Lipinski definition) is 6. The standard InChI is InChI=1S/C6H10O4S2/c1-3-10-12-6(8)11-4-5(7)9-2/h3-4H2,1-2H3. The van der Waals surface area contributed by atoms with Gasteiger partial charge in [-0.05, 0) is 6.92 Å². The fourth-order valence-electron chi connectivity index (χ4n) is 0.308. The van der Waals surface area contributed by atoms with Crippen molar-refractivity contribution in [1.29, 1.82) is 0 Å². The van der Waals surface area contributed by atoms with Crippen LogP contribution in [0.25, 0.3) is 0 Å². The van der Waals surface area contributed by atoms with Crippen LogP contribution >= 0.6 is 23.8 Å². The van der Waals surface area contributed by atoms with Crippen LogP contribution in [0, 0.1) is 0 Å². The third-order valence-electron chi connectivity index (χ3n) is 0.780. The van der Waals surface area contributed by atoms with Crippen molar-refractivity contribution >= 4 is 34.2 Å². The summed E-state index contributed by atoms with van der Waals surface area (Å²) in [4.78, 5) is 21.4. The number of carbonyl (C=O) groups is 2. The third-order valence-corrected chi connectivity index (χ3v) is 2.44. The Morgan fingerprint density at radius 1 is 1.42 bits per heavy atom. The Morgan fingerprint density at radius 2 is 2.08 bits per heavy atom. The van der Waals surface area contributed by atoms with Crippen LogP contribution in [0.5, 0.6) is 0 Å². The van der Waals surface area contributed by atoms with Crippen LogP contribution in [-0.2, 0) is 13.7 Å². The van der Waals surface area contributed by atoms with Crippen molar-refractivity contribution in [2.75, 3.05) is 19.5 Å². The third kappa shape index (κ3) is 6.51. The van der Waals surface area contributed by atoms with Gasteiger partial charge in [0.25, 0.3) is 4.45 Å². The highest BCUT2D eigenvalue weighted by Gasteiger charge is 2.08. The van der Waals surface area contributed by atoms with Crippen molar-refractivity contribution in [2.24, 2.45) is 0 Å². The number of methoxy groups -OCH3 is 1. The van der Waals surface area contributed by atoms with Crippen LogP contribution in [0.3, 0.4) is 0 Å². The van der Waals surface area contributed by atoms with Crippen molar-refractivity contribution in [3.05, 3.63) is 0 Å². The lowest BCUT2D eigenvalue weighted by Gasteiger charge is -1.97. The highest BCUT2D eigenvalue weighted by molar-refractivity contribution is 8.37. The first-order valence-electron chi connectivity index (χ1n) is 3.23. The van der Waals surface area contributed by atoms with E-state index in [-0.39, 0.29) is 10.2 Å². The second-order valence-corrected chi connectivity index (χ2v) is 3.58. The summed E-state index contributed by atoms with van der Waals surface area (Å²) in [6.45, 7) is 2.25. The molecule has 0 saturated heterocycles. The summed E-state index contributed by atoms with van der Waals surface area (Å²) in [6.07, 6.45) is 0. The first-order valence-corrected chi connectivity index (χ1v) is 4.96. The molecule has 0 saturated carbocycles. The number of ether oxygens (including phenoxy) is 1. The normalized spacial score (nSPS) is 9.50. The van der Waals surface area contributed by atoms with Crippen LogP contribution in [0.1, 0.15) is 6.92 Å². The molecule has 0 aromatic heterocycles.